The molecule has 174 valence electrons. The Bertz CT molecular complexity index is 1340. The van der Waals surface area contributed by atoms with Gasteiger partial charge in [-0.25, -0.2) is 9.07 Å². The van der Waals surface area contributed by atoms with E-state index < -0.39 is 0 Å². The number of aryl methyl sites for hydroxylation is 1. The summed E-state index contributed by atoms with van der Waals surface area (Å²) in [5.41, 5.74) is 3.45. The number of hydrogen-bond donors (Lipinski definition) is 0. The fourth-order valence-electron chi connectivity index (χ4n) is 4.22. The van der Waals surface area contributed by atoms with Crippen LogP contribution in [0.15, 0.2) is 72.9 Å². The molecule has 0 spiro atoms. The number of hydrogen-bond acceptors (Lipinski definition) is 3. The number of benzene rings is 3. The topological polar surface area (TPSA) is 47.4 Å². The number of anilines is 1. The van der Waals surface area contributed by atoms with Gasteiger partial charge in [-0.1, -0.05) is 19.1 Å². The predicted octanol–water partition coefficient (Wildman–Crippen LogP) is 6.07. The van der Waals surface area contributed by atoms with E-state index in [1.165, 1.54) is 12.1 Å². The highest BCUT2D eigenvalue weighted by molar-refractivity contribution is 5.99. The molecule has 1 fully saturated rings. The standard InChI is InChI=1S/C28H28FN3O2/c1-19-5-4-6-24(15-19)31(27(33)28(3)13-14-28)20(2)18-34-25-11-12-26-21(16-25)17-30-32(26)23-9-7-22(29)8-10-23/h4-12,15-17,20H,13-14,18H2,1-3H3/t20-/m0/s1. The molecule has 5 nitrogen and oxygen atoms in total. The number of ether oxygens (including phenoxy) is 1. The number of aromatic nitrogens is 2. The van der Waals surface area contributed by atoms with Crippen molar-refractivity contribution >= 4 is 22.5 Å². The molecular weight excluding hydrogens is 429 g/mol. The SMILES string of the molecule is Cc1cccc(N(C(=O)C2(C)CC2)[C@@H](C)COc2ccc3c(cnn3-c3ccc(F)cc3)c2)c1. The maximum atomic E-state index is 13.4. The molecule has 34 heavy (non-hydrogen) atoms. The third kappa shape index (κ3) is 4.28. The van der Waals surface area contributed by atoms with E-state index in [2.05, 4.69) is 11.2 Å². The van der Waals surface area contributed by atoms with Crippen molar-refractivity contribution in [1.82, 2.24) is 9.78 Å². The van der Waals surface area contributed by atoms with Crippen LogP contribution in [0.25, 0.3) is 16.6 Å². The predicted molar refractivity (Wildman–Crippen MR) is 132 cm³/mol. The lowest BCUT2D eigenvalue weighted by atomic mass is 10.1. The molecule has 0 saturated heterocycles. The first kappa shape index (κ1) is 22.1. The summed E-state index contributed by atoms with van der Waals surface area (Å²) in [6.07, 6.45) is 3.62. The maximum Gasteiger partial charge on any atom is 0.233 e. The summed E-state index contributed by atoms with van der Waals surface area (Å²) in [6.45, 7) is 6.47. The molecule has 0 unspecified atom stereocenters. The maximum absolute atomic E-state index is 13.4. The van der Waals surface area contributed by atoms with Gasteiger partial charge in [0.05, 0.1) is 23.4 Å². The van der Waals surface area contributed by atoms with E-state index in [0.717, 1.165) is 40.7 Å². The Balaban J connectivity index is 1.35. The first-order chi connectivity index (χ1) is 16.3. The van der Waals surface area contributed by atoms with Gasteiger partial charge in [0.2, 0.25) is 5.91 Å². The van der Waals surface area contributed by atoms with Gasteiger partial charge in [-0.2, -0.15) is 5.10 Å². The van der Waals surface area contributed by atoms with Crippen LogP contribution in [0.1, 0.15) is 32.3 Å². The van der Waals surface area contributed by atoms with Gasteiger partial charge in [0, 0.05) is 16.5 Å². The molecule has 0 aliphatic heterocycles. The van der Waals surface area contributed by atoms with E-state index in [-0.39, 0.29) is 23.2 Å². The molecular formula is C28H28FN3O2. The van der Waals surface area contributed by atoms with Crippen LogP contribution in [0.4, 0.5) is 10.1 Å². The summed E-state index contributed by atoms with van der Waals surface area (Å²) in [7, 11) is 0. The van der Waals surface area contributed by atoms with Gasteiger partial charge in [-0.3, -0.25) is 4.79 Å². The van der Waals surface area contributed by atoms with Crippen molar-refractivity contribution in [2.24, 2.45) is 5.41 Å². The second-order valence-electron chi connectivity index (χ2n) is 9.49. The molecule has 1 amide bonds. The summed E-state index contributed by atoms with van der Waals surface area (Å²) >= 11 is 0. The average Bonchev–Trinajstić information content (AvgIpc) is 3.44. The van der Waals surface area contributed by atoms with Gasteiger partial charge >= 0.3 is 0 Å². The summed E-state index contributed by atoms with van der Waals surface area (Å²) in [5.74, 6) is 0.594. The van der Waals surface area contributed by atoms with Crippen molar-refractivity contribution in [3.05, 3.63) is 84.3 Å². The summed E-state index contributed by atoms with van der Waals surface area (Å²) < 4.78 is 21.2. The first-order valence-corrected chi connectivity index (χ1v) is 11.6. The average molecular weight is 458 g/mol. The van der Waals surface area contributed by atoms with Crippen molar-refractivity contribution in [1.29, 1.82) is 0 Å². The van der Waals surface area contributed by atoms with E-state index in [4.69, 9.17) is 4.74 Å². The van der Waals surface area contributed by atoms with Crippen LogP contribution in [-0.4, -0.2) is 28.3 Å². The molecule has 1 aliphatic rings. The smallest absolute Gasteiger partial charge is 0.233 e. The van der Waals surface area contributed by atoms with Crippen LogP contribution in [0.5, 0.6) is 5.75 Å². The van der Waals surface area contributed by atoms with Crippen molar-refractivity contribution < 1.29 is 13.9 Å². The van der Waals surface area contributed by atoms with Gasteiger partial charge in [0.25, 0.3) is 0 Å². The molecule has 1 aromatic heterocycles. The van der Waals surface area contributed by atoms with Crippen LogP contribution in [0.2, 0.25) is 0 Å². The summed E-state index contributed by atoms with van der Waals surface area (Å²) in [4.78, 5) is 15.3. The number of halogens is 1. The third-order valence-corrected chi connectivity index (χ3v) is 6.56. The molecule has 1 heterocycles. The Kier molecular flexibility index (Phi) is 5.60. The van der Waals surface area contributed by atoms with Crippen LogP contribution in [-0.2, 0) is 4.79 Å². The van der Waals surface area contributed by atoms with Crippen LogP contribution < -0.4 is 9.64 Å². The molecule has 4 aromatic rings. The molecule has 3 aromatic carbocycles. The van der Waals surface area contributed by atoms with Crippen molar-refractivity contribution in [3.63, 3.8) is 0 Å². The minimum atomic E-state index is -0.279. The minimum Gasteiger partial charge on any atom is -0.491 e. The van der Waals surface area contributed by atoms with Crippen LogP contribution in [0.3, 0.4) is 0 Å². The Morgan fingerprint density at radius 3 is 2.62 bits per heavy atom. The van der Waals surface area contributed by atoms with E-state index >= 15 is 0 Å². The van der Waals surface area contributed by atoms with E-state index in [0.29, 0.717) is 12.4 Å². The molecule has 0 bridgehead atoms. The van der Waals surface area contributed by atoms with Gasteiger partial charge in [0.1, 0.15) is 18.2 Å². The number of carbonyl (C=O) groups excluding carboxylic acids is 1. The van der Waals surface area contributed by atoms with Crippen molar-refractivity contribution in [2.75, 3.05) is 11.5 Å². The summed E-state index contributed by atoms with van der Waals surface area (Å²) in [5, 5.41) is 5.37. The molecule has 5 rings (SSSR count). The number of amides is 1. The Morgan fingerprint density at radius 1 is 1.15 bits per heavy atom. The minimum absolute atomic E-state index is 0.135. The normalized spacial score (nSPS) is 15.2. The zero-order chi connectivity index (χ0) is 23.9. The van der Waals surface area contributed by atoms with Gasteiger partial charge in [0.15, 0.2) is 0 Å². The van der Waals surface area contributed by atoms with Crippen molar-refractivity contribution in [2.45, 2.75) is 39.7 Å². The highest BCUT2D eigenvalue weighted by atomic mass is 19.1. The molecule has 6 heteroatoms. The third-order valence-electron chi connectivity index (χ3n) is 6.56. The molecule has 1 atom stereocenters. The van der Waals surface area contributed by atoms with Gasteiger partial charge < -0.3 is 9.64 Å². The monoisotopic (exact) mass is 457 g/mol. The van der Waals surface area contributed by atoms with Crippen LogP contribution >= 0.6 is 0 Å². The number of carbonyl (C=O) groups is 1. The zero-order valence-corrected chi connectivity index (χ0v) is 19.7. The highest BCUT2D eigenvalue weighted by Crippen LogP contribution is 2.47. The summed E-state index contributed by atoms with van der Waals surface area (Å²) in [6, 6.07) is 20.0. The fraction of sp³-hybridized carbons (Fsp3) is 0.286. The molecule has 0 radical (unpaired) electrons. The number of nitrogens with zero attached hydrogens (tertiary/aromatic N) is 3. The lowest BCUT2D eigenvalue weighted by Gasteiger charge is -2.32. The van der Waals surface area contributed by atoms with Gasteiger partial charge in [-0.15, -0.1) is 0 Å². The Morgan fingerprint density at radius 2 is 1.91 bits per heavy atom. The van der Waals surface area contributed by atoms with Crippen molar-refractivity contribution in [3.8, 4) is 11.4 Å². The Hall–Kier alpha value is -3.67. The molecule has 1 aliphatic carbocycles. The molecule has 1 saturated carbocycles. The fourth-order valence-corrected chi connectivity index (χ4v) is 4.22. The second kappa shape index (κ2) is 8.60. The van der Waals surface area contributed by atoms with E-state index in [1.54, 1.807) is 23.0 Å². The largest absolute Gasteiger partial charge is 0.491 e. The molecule has 0 N–H and O–H groups in total. The number of rotatable bonds is 7. The van der Waals surface area contributed by atoms with E-state index in [9.17, 15) is 9.18 Å². The lowest BCUT2D eigenvalue weighted by molar-refractivity contribution is -0.123. The number of fused-ring (bicyclic) bond motifs is 1. The quantitative estimate of drug-likeness (QED) is 0.338. The Labute approximate surface area is 198 Å². The second-order valence-corrected chi connectivity index (χ2v) is 9.49. The van der Waals surface area contributed by atoms with Crippen LogP contribution in [0, 0.1) is 18.2 Å². The lowest BCUT2D eigenvalue weighted by Crippen LogP contribution is -2.45. The first-order valence-electron chi connectivity index (χ1n) is 11.6. The van der Waals surface area contributed by atoms with Gasteiger partial charge in [-0.05, 0) is 86.8 Å². The highest BCUT2D eigenvalue weighted by Gasteiger charge is 2.48. The van der Waals surface area contributed by atoms with E-state index in [1.807, 2.05) is 62.1 Å². The zero-order valence-electron chi connectivity index (χ0n) is 19.7.